The van der Waals surface area contributed by atoms with Crippen molar-refractivity contribution in [3.8, 4) is 0 Å². The molecule has 0 spiro atoms. The predicted molar refractivity (Wildman–Crippen MR) is 72.8 cm³/mol. The predicted octanol–water partition coefficient (Wildman–Crippen LogP) is -0.327. The van der Waals surface area contributed by atoms with Gasteiger partial charge in [-0.05, 0) is 19.4 Å². The molecule has 3 heterocycles. The van der Waals surface area contributed by atoms with Gasteiger partial charge in [0, 0.05) is 25.7 Å². The third kappa shape index (κ3) is 3.05. The number of aromatic nitrogens is 3. The quantitative estimate of drug-likeness (QED) is 0.820. The minimum Gasteiger partial charge on any atom is -0.480 e. The molecule has 8 heteroatoms. The molecular formula is C13H19N5O3. The number of piperidine rings is 1. The minimum absolute atomic E-state index is 0.156. The summed E-state index contributed by atoms with van der Waals surface area (Å²) in [6.07, 6.45) is 5.01. The van der Waals surface area contributed by atoms with Gasteiger partial charge >= 0.3 is 5.97 Å². The summed E-state index contributed by atoms with van der Waals surface area (Å²) in [5, 5.41) is 16.2. The lowest BCUT2D eigenvalue weighted by atomic mass is 9.99. The average molecular weight is 293 g/mol. The molecule has 3 rings (SSSR count). The number of carboxylic acid groups (broad SMARTS) is 1. The molecule has 1 unspecified atom stereocenters. The molecule has 2 fully saturated rings. The summed E-state index contributed by atoms with van der Waals surface area (Å²) in [5.74, 6) is -1.16. The summed E-state index contributed by atoms with van der Waals surface area (Å²) < 4.78 is 1.17. The Kier molecular flexibility index (Phi) is 3.87. The number of rotatable bonds is 3. The lowest BCUT2D eigenvalue weighted by Crippen LogP contribution is -2.56. The van der Waals surface area contributed by atoms with Crippen LogP contribution < -0.4 is 0 Å². The van der Waals surface area contributed by atoms with Gasteiger partial charge in [-0.3, -0.25) is 14.5 Å². The molecule has 114 valence electrons. The van der Waals surface area contributed by atoms with Gasteiger partial charge in [-0.15, -0.1) is 5.10 Å². The molecule has 2 aliphatic heterocycles. The van der Waals surface area contributed by atoms with Gasteiger partial charge in [-0.1, -0.05) is 11.6 Å². The van der Waals surface area contributed by atoms with Crippen molar-refractivity contribution in [2.45, 2.75) is 31.8 Å². The Morgan fingerprint density at radius 3 is 2.95 bits per heavy atom. The molecule has 0 aromatic carbocycles. The van der Waals surface area contributed by atoms with E-state index >= 15 is 0 Å². The molecule has 1 atom stereocenters. The largest absolute Gasteiger partial charge is 0.480 e. The fraction of sp³-hybridized carbons (Fsp3) is 0.692. The van der Waals surface area contributed by atoms with E-state index in [1.54, 1.807) is 0 Å². The molecule has 8 nitrogen and oxygen atoms in total. The number of carbonyl (C=O) groups is 2. The molecule has 0 bridgehead atoms. The summed E-state index contributed by atoms with van der Waals surface area (Å²) in [7, 11) is 0. The van der Waals surface area contributed by atoms with Crippen molar-refractivity contribution in [2.24, 2.45) is 0 Å². The first kappa shape index (κ1) is 14.0. The second-order valence-electron chi connectivity index (χ2n) is 5.63. The fourth-order valence-electron chi connectivity index (χ4n) is 3.11. The molecule has 2 aliphatic rings. The smallest absolute Gasteiger partial charge is 0.325 e. The lowest BCUT2D eigenvalue weighted by molar-refractivity contribution is -0.137. The van der Waals surface area contributed by atoms with Gasteiger partial charge in [0.05, 0.1) is 6.20 Å². The van der Waals surface area contributed by atoms with Crippen LogP contribution in [0.25, 0.3) is 0 Å². The summed E-state index contributed by atoms with van der Waals surface area (Å²) in [5.41, 5.74) is 0.223. The summed E-state index contributed by atoms with van der Waals surface area (Å²) in [4.78, 5) is 27.3. The van der Waals surface area contributed by atoms with Crippen LogP contribution in [-0.4, -0.2) is 74.0 Å². The number of carboxylic acids is 1. The minimum atomic E-state index is -1.00. The second kappa shape index (κ2) is 5.80. The van der Waals surface area contributed by atoms with Gasteiger partial charge in [0.25, 0.3) is 5.91 Å². The summed E-state index contributed by atoms with van der Waals surface area (Å²) >= 11 is 0. The third-order valence-electron chi connectivity index (χ3n) is 4.18. The topological polar surface area (TPSA) is 91.6 Å². The lowest BCUT2D eigenvalue weighted by Gasteiger charge is -2.43. The molecule has 21 heavy (non-hydrogen) atoms. The maximum Gasteiger partial charge on any atom is 0.325 e. The van der Waals surface area contributed by atoms with E-state index in [0.29, 0.717) is 12.6 Å². The number of fused-ring (bicyclic) bond motifs is 1. The molecule has 2 saturated heterocycles. The van der Waals surface area contributed by atoms with Gasteiger partial charge in [0.15, 0.2) is 5.69 Å². The average Bonchev–Trinajstić information content (AvgIpc) is 2.93. The number of aliphatic carboxylic acids is 1. The van der Waals surface area contributed by atoms with Crippen molar-refractivity contribution in [1.82, 2.24) is 24.8 Å². The van der Waals surface area contributed by atoms with Crippen molar-refractivity contribution < 1.29 is 14.7 Å². The van der Waals surface area contributed by atoms with Gasteiger partial charge < -0.3 is 10.0 Å². The first-order valence-electron chi connectivity index (χ1n) is 7.29. The Balaban J connectivity index is 1.65. The Hall–Kier alpha value is -1.96. The van der Waals surface area contributed by atoms with Crippen molar-refractivity contribution in [1.29, 1.82) is 0 Å². The first-order valence-corrected chi connectivity index (χ1v) is 7.29. The van der Waals surface area contributed by atoms with Crippen LogP contribution in [0.1, 0.15) is 29.8 Å². The highest BCUT2D eigenvalue weighted by molar-refractivity contribution is 5.92. The van der Waals surface area contributed by atoms with Gasteiger partial charge in [0.2, 0.25) is 0 Å². The Morgan fingerprint density at radius 2 is 2.14 bits per heavy atom. The molecule has 1 amide bonds. The fourth-order valence-corrected chi connectivity index (χ4v) is 3.11. The molecule has 1 aromatic heterocycles. The SMILES string of the molecule is O=C(O)Cn1cc(C(=O)N2CCN3CCCCC3C2)nn1. The maximum atomic E-state index is 12.4. The Labute approximate surface area is 122 Å². The highest BCUT2D eigenvalue weighted by Crippen LogP contribution is 2.21. The van der Waals surface area contributed by atoms with Crippen molar-refractivity contribution in [2.75, 3.05) is 26.2 Å². The van der Waals surface area contributed by atoms with Crippen molar-refractivity contribution >= 4 is 11.9 Å². The van der Waals surface area contributed by atoms with E-state index in [0.717, 1.165) is 26.1 Å². The summed E-state index contributed by atoms with van der Waals surface area (Å²) in [6.45, 7) is 3.17. The third-order valence-corrected chi connectivity index (χ3v) is 4.18. The van der Waals surface area contributed by atoms with Crippen LogP contribution in [0.4, 0.5) is 0 Å². The molecular weight excluding hydrogens is 274 g/mol. The van der Waals surface area contributed by atoms with Crippen LogP contribution in [0.2, 0.25) is 0 Å². The summed E-state index contributed by atoms with van der Waals surface area (Å²) in [6, 6.07) is 0.450. The van der Waals surface area contributed by atoms with Crippen LogP contribution in [0.15, 0.2) is 6.20 Å². The van der Waals surface area contributed by atoms with E-state index in [2.05, 4.69) is 15.2 Å². The van der Waals surface area contributed by atoms with Crippen molar-refractivity contribution in [3.05, 3.63) is 11.9 Å². The zero-order valence-corrected chi connectivity index (χ0v) is 11.8. The van der Waals surface area contributed by atoms with Gasteiger partial charge in [-0.2, -0.15) is 0 Å². The zero-order valence-electron chi connectivity index (χ0n) is 11.8. The van der Waals surface area contributed by atoms with Crippen LogP contribution in [0.5, 0.6) is 0 Å². The van der Waals surface area contributed by atoms with E-state index in [1.165, 1.54) is 23.7 Å². The van der Waals surface area contributed by atoms with E-state index in [4.69, 9.17) is 5.11 Å². The monoisotopic (exact) mass is 293 g/mol. The second-order valence-corrected chi connectivity index (χ2v) is 5.63. The number of nitrogens with zero attached hydrogens (tertiary/aromatic N) is 5. The molecule has 0 aliphatic carbocycles. The Morgan fingerprint density at radius 1 is 1.29 bits per heavy atom. The maximum absolute atomic E-state index is 12.4. The normalized spacial score (nSPS) is 22.9. The standard InChI is InChI=1S/C13H19N5O3/c19-12(20)9-18-8-11(14-15-18)13(21)17-6-5-16-4-2-1-3-10(16)7-17/h8,10H,1-7,9H2,(H,19,20). The van der Waals surface area contributed by atoms with E-state index < -0.39 is 5.97 Å². The van der Waals surface area contributed by atoms with Crippen LogP contribution in [-0.2, 0) is 11.3 Å². The zero-order chi connectivity index (χ0) is 14.8. The number of piperazine rings is 1. The molecule has 0 saturated carbocycles. The Bertz CT molecular complexity index is 544. The van der Waals surface area contributed by atoms with Gasteiger partial charge in [-0.25, -0.2) is 4.68 Å². The van der Waals surface area contributed by atoms with E-state index in [9.17, 15) is 9.59 Å². The van der Waals surface area contributed by atoms with Gasteiger partial charge in [0.1, 0.15) is 6.54 Å². The first-order chi connectivity index (χ1) is 10.1. The number of hydrogen-bond donors (Lipinski definition) is 1. The molecule has 0 radical (unpaired) electrons. The number of carbonyl (C=O) groups excluding carboxylic acids is 1. The molecule has 1 N–H and O–H groups in total. The van der Waals surface area contributed by atoms with Crippen LogP contribution in [0.3, 0.4) is 0 Å². The van der Waals surface area contributed by atoms with E-state index in [-0.39, 0.29) is 18.1 Å². The highest BCUT2D eigenvalue weighted by atomic mass is 16.4. The van der Waals surface area contributed by atoms with Crippen molar-refractivity contribution in [3.63, 3.8) is 0 Å². The number of amides is 1. The number of hydrogen-bond acceptors (Lipinski definition) is 5. The van der Waals surface area contributed by atoms with Crippen LogP contribution >= 0.6 is 0 Å². The van der Waals surface area contributed by atoms with Crippen LogP contribution in [0, 0.1) is 0 Å². The molecule has 1 aromatic rings. The van der Waals surface area contributed by atoms with E-state index in [1.807, 2.05) is 4.90 Å². The highest BCUT2D eigenvalue weighted by Gasteiger charge is 2.32.